The van der Waals surface area contributed by atoms with Gasteiger partial charge in [0.1, 0.15) is 5.82 Å². The quantitative estimate of drug-likeness (QED) is 0.517. The summed E-state index contributed by atoms with van der Waals surface area (Å²) in [6, 6.07) is 2.87. The number of hydrogen-bond acceptors (Lipinski definition) is 0. The van der Waals surface area contributed by atoms with Gasteiger partial charge in [-0.2, -0.15) is 0 Å². The van der Waals surface area contributed by atoms with Crippen LogP contribution in [0.15, 0.2) is 12.1 Å². The van der Waals surface area contributed by atoms with E-state index < -0.39 is 5.82 Å². The third kappa shape index (κ3) is 3.08. The monoisotopic (exact) mass is 312 g/mol. The third-order valence-electron chi connectivity index (χ3n) is 2.46. The Bertz CT molecular complexity index is 355. The van der Waals surface area contributed by atoms with Crippen LogP contribution in [0.3, 0.4) is 0 Å². The van der Waals surface area contributed by atoms with Gasteiger partial charge in [-0.3, -0.25) is 0 Å². The molecule has 4 heteroatoms. The zero-order chi connectivity index (χ0) is 11.6. The van der Waals surface area contributed by atoms with Crippen LogP contribution in [0.5, 0.6) is 0 Å². The molecule has 1 rings (SSSR count). The zero-order valence-electron chi connectivity index (χ0n) is 8.53. The van der Waals surface area contributed by atoms with Crippen molar-refractivity contribution >= 4 is 39.1 Å². The highest BCUT2D eigenvalue weighted by Gasteiger charge is 2.18. The Morgan fingerprint density at radius 2 is 1.93 bits per heavy atom. The lowest BCUT2D eigenvalue weighted by Gasteiger charge is -2.18. The molecule has 1 aromatic carbocycles. The van der Waals surface area contributed by atoms with E-state index in [-0.39, 0.29) is 15.8 Å². The van der Waals surface area contributed by atoms with Gasteiger partial charge in [0.2, 0.25) is 0 Å². The van der Waals surface area contributed by atoms with E-state index >= 15 is 0 Å². The molecule has 1 aromatic rings. The highest BCUT2D eigenvalue weighted by molar-refractivity contribution is 9.09. The maximum atomic E-state index is 13.3. The molecule has 0 saturated carbocycles. The summed E-state index contributed by atoms with van der Waals surface area (Å²) in [7, 11) is 0. The molecule has 0 aliphatic carbocycles. The van der Waals surface area contributed by atoms with Crippen LogP contribution in [-0.2, 0) is 0 Å². The minimum atomic E-state index is -0.418. The van der Waals surface area contributed by atoms with Crippen LogP contribution in [0.25, 0.3) is 0 Å². The van der Waals surface area contributed by atoms with Crippen molar-refractivity contribution in [1.82, 2.24) is 0 Å². The molecule has 15 heavy (non-hydrogen) atoms. The molecule has 0 aromatic heterocycles. The second-order valence-electron chi connectivity index (χ2n) is 3.50. The minimum absolute atomic E-state index is 0.0681. The van der Waals surface area contributed by atoms with Gasteiger partial charge in [-0.1, -0.05) is 53.0 Å². The van der Waals surface area contributed by atoms with E-state index in [4.69, 9.17) is 23.2 Å². The summed E-state index contributed by atoms with van der Waals surface area (Å²) in [5, 5.41) is 0.588. The fourth-order valence-electron chi connectivity index (χ4n) is 1.44. The van der Waals surface area contributed by atoms with Gasteiger partial charge in [0.05, 0.1) is 5.02 Å². The number of alkyl halides is 1. The zero-order valence-corrected chi connectivity index (χ0v) is 11.6. The smallest absolute Gasteiger partial charge is 0.142 e. The van der Waals surface area contributed by atoms with Gasteiger partial charge in [-0.15, -0.1) is 0 Å². The molecular formula is C11H12BrCl2F. The van der Waals surface area contributed by atoms with Crippen LogP contribution in [0.1, 0.15) is 31.7 Å². The summed E-state index contributed by atoms with van der Waals surface area (Å²) in [5.41, 5.74) is 0.794. The first-order valence-electron chi connectivity index (χ1n) is 4.75. The van der Waals surface area contributed by atoms with E-state index in [1.165, 1.54) is 12.1 Å². The maximum Gasteiger partial charge on any atom is 0.142 e. The average Bonchev–Trinajstić information content (AvgIpc) is 2.21. The van der Waals surface area contributed by atoms with E-state index in [1.54, 1.807) is 0 Å². The van der Waals surface area contributed by atoms with Crippen molar-refractivity contribution < 1.29 is 4.39 Å². The molecule has 0 spiro atoms. The molecule has 0 bridgehead atoms. The third-order valence-corrected chi connectivity index (χ3v) is 4.52. The average molecular weight is 314 g/mol. The molecular weight excluding hydrogens is 302 g/mol. The first kappa shape index (κ1) is 13.3. The van der Waals surface area contributed by atoms with Crippen LogP contribution in [0, 0.1) is 5.82 Å². The van der Waals surface area contributed by atoms with Crippen LogP contribution in [0.4, 0.5) is 4.39 Å². The Morgan fingerprint density at radius 1 is 1.33 bits per heavy atom. The number of rotatable bonds is 3. The van der Waals surface area contributed by atoms with E-state index in [2.05, 4.69) is 22.9 Å². The molecule has 0 aliphatic rings. The lowest BCUT2D eigenvalue weighted by molar-refractivity contribution is 0.618. The van der Waals surface area contributed by atoms with Crippen molar-refractivity contribution in [2.45, 2.75) is 31.0 Å². The summed E-state index contributed by atoms with van der Waals surface area (Å²) in [6.07, 6.45) is 0.960. The molecule has 0 radical (unpaired) electrons. The fraction of sp³-hybridized carbons (Fsp3) is 0.455. The summed E-state index contributed by atoms with van der Waals surface area (Å²) in [5.74, 6) is -0.256. The summed E-state index contributed by atoms with van der Waals surface area (Å²) in [6.45, 7) is 4.08. The molecule has 84 valence electrons. The Hall–Kier alpha value is 0.210. The highest BCUT2D eigenvalue weighted by Crippen LogP contribution is 2.34. The van der Waals surface area contributed by atoms with Crippen molar-refractivity contribution in [2.75, 3.05) is 0 Å². The molecule has 0 heterocycles. The van der Waals surface area contributed by atoms with E-state index in [1.807, 2.05) is 6.92 Å². The second kappa shape index (κ2) is 5.51. The van der Waals surface area contributed by atoms with Gasteiger partial charge in [-0.25, -0.2) is 4.39 Å². The Morgan fingerprint density at radius 3 is 2.47 bits per heavy atom. The van der Waals surface area contributed by atoms with E-state index in [9.17, 15) is 4.39 Å². The van der Waals surface area contributed by atoms with E-state index in [0.29, 0.717) is 5.02 Å². The van der Waals surface area contributed by atoms with Crippen LogP contribution in [0.2, 0.25) is 10.0 Å². The van der Waals surface area contributed by atoms with Gasteiger partial charge >= 0.3 is 0 Å². The first-order chi connectivity index (χ1) is 6.97. The van der Waals surface area contributed by atoms with Gasteiger partial charge in [-0.05, 0) is 30.0 Å². The standard InChI is InChI=1S/C11H12BrCl2F/c1-3-8(12)6(2)7-4-11(15)10(14)5-9(7)13/h4-6,8H,3H2,1-2H3. The lowest BCUT2D eigenvalue weighted by atomic mass is 9.96. The molecule has 0 fully saturated rings. The molecule has 0 saturated heterocycles. The van der Waals surface area contributed by atoms with E-state index in [0.717, 1.165) is 12.0 Å². The van der Waals surface area contributed by atoms with Crippen molar-refractivity contribution in [3.8, 4) is 0 Å². The lowest BCUT2D eigenvalue weighted by Crippen LogP contribution is -2.08. The van der Waals surface area contributed by atoms with Gasteiger partial charge in [0, 0.05) is 9.85 Å². The summed E-state index contributed by atoms with van der Waals surface area (Å²) >= 11 is 15.2. The summed E-state index contributed by atoms with van der Waals surface area (Å²) < 4.78 is 13.3. The summed E-state index contributed by atoms with van der Waals surface area (Å²) in [4.78, 5) is 0.288. The Labute approximate surface area is 108 Å². The minimum Gasteiger partial charge on any atom is -0.205 e. The molecule has 0 amide bonds. The SMILES string of the molecule is CCC(Br)C(C)c1cc(F)c(Cl)cc1Cl. The Balaban J connectivity index is 3.09. The van der Waals surface area contributed by atoms with Crippen LogP contribution < -0.4 is 0 Å². The van der Waals surface area contributed by atoms with Crippen molar-refractivity contribution in [1.29, 1.82) is 0 Å². The highest BCUT2D eigenvalue weighted by atomic mass is 79.9. The van der Waals surface area contributed by atoms with Gasteiger partial charge < -0.3 is 0 Å². The molecule has 2 atom stereocenters. The topological polar surface area (TPSA) is 0 Å². The number of hydrogen-bond donors (Lipinski definition) is 0. The van der Waals surface area contributed by atoms with Crippen LogP contribution in [-0.4, -0.2) is 4.83 Å². The Kier molecular flexibility index (Phi) is 4.88. The molecule has 2 unspecified atom stereocenters. The predicted molar refractivity (Wildman–Crippen MR) is 67.8 cm³/mol. The van der Waals surface area contributed by atoms with Crippen molar-refractivity contribution in [3.05, 3.63) is 33.6 Å². The van der Waals surface area contributed by atoms with Crippen molar-refractivity contribution in [3.63, 3.8) is 0 Å². The molecule has 0 aliphatic heterocycles. The molecule has 0 nitrogen and oxygen atoms in total. The largest absolute Gasteiger partial charge is 0.205 e. The molecule has 0 N–H and O–H groups in total. The predicted octanol–water partition coefficient (Wildman–Crippen LogP) is 5.41. The number of benzene rings is 1. The second-order valence-corrected chi connectivity index (χ2v) is 5.49. The van der Waals surface area contributed by atoms with Gasteiger partial charge in [0.25, 0.3) is 0 Å². The van der Waals surface area contributed by atoms with Gasteiger partial charge in [0.15, 0.2) is 0 Å². The number of halogens is 4. The van der Waals surface area contributed by atoms with Crippen molar-refractivity contribution in [2.24, 2.45) is 0 Å². The maximum absolute atomic E-state index is 13.3. The first-order valence-corrected chi connectivity index (χ1v) is 6.43. The fourth-order valence-corrected chi connectivity index (χ4v) is 2.28. The normalized spacial score (nSPS) is 15.1. The van der Waals surface area contributed by atoms with Crippen LogP contribution >= 0.6 is 39.1 Å².